The Kier molecular flexibility index (Phi) is 2.23. The zero-order chi connectivity index (χ0) is 9.26. The second-order valence-corrected chi connectivity index (χ2v) is 3.43. The molecular formula is C10H9ClO2. The summed E-state index contributed by atoms with van der Waals surface area (Å²) in [7, 11) is 0. The molecule has 1 aromatic carbocycles. The van der Waals surface area contributed by atoms with Gasteiger partial charge in [0.05, 0.1) is 0 Å². The van der Waals surface area contributed by atoms with Crippen LogP contribution >= 0.6 is 11.6 Å². The van der Waals surface area contributed by atoms with Crippen molar-refractivity contribution < 1.29 is 9.53 Å². The van der Waals surface area contributed by atoms with E-state index in [9.17, 15) is 4.79 Å². The van der Waals surface area contributed by atoms with Crippen LogP contribution in [0.2, 0.25) is 0 Å². The molecule has 0 bridgehead atoms. The minimum Gasteiger partial charge on any atom is -0.481 e. The van der Waals surface area contributed by atoms with Crippen molar-refractivity contribution in [2.45, 2.75) is 18.9 Å². The van der Waals surface area contributed by atoms with Gasteiger partial charge in [0.25, 0.3) is 5.24 Å². The number of para-hydroxylation sites is 1. The number of hydrogen-bond acceptors (Lipinski definition) is 2. The topological polar surface area (TPSA) is 26.3 Å². The van der Waals surface area contributed by atoms with Gasteiger partial charge in [-0.25, -0.2) is 0 Å². The van der Waals surface area contributed by atoms with Crippen molar-refractivity contribution in [3.63, 3.8) is 0 Å². The van der Waals surface area contributed by atoms with Gasteiger partial charge >= 0.3 is 0 Å². The zero-order valence-electron chi connectivity index (χ0n) is 7.00. The molecule has 1 heterocycles. The standard InChI is InChI=1S/C10H9ClO2/c11-10(12)9-6-5-7-3-1-2-4-8(7)13-9/h1-4,9H,5-6H2/t9-/m0/s1. The van der Waals surface area contributed by atoms with Crippen LogP contribution in [-0.4, -0.2) is 11.3 Å². The smallest absolute Gasteiger partial charge is 0.262 e. The normalized spacial score (nSPS) is 20.2. The first-order valence-electron chi connectivity index (χ1n) is 4.21. The average molecular weight is 197 g/mol. The Labute approximate surface area is 81.5 Å². The van der Waals surface area contributed by atoms with Gasteiger partial charge in [0.15, 0.2) is 6.10 Å². The Morgan fingerprint density at radius 3 is 3.00 bits per heavy atom. The highest BCUT2D eigenvalue weighted by Crippen LogP contribution is 2.27. The van der Waals surface area contributed by atoms with E-state index in [1.807, 2.05) is 24.3 Å². The molecule has 0 saturated heterocycles. The number of aryl methyl sites for hydroxylation is 1. The van der Waals surface area contributed by atoms with Gasteiger partial charge in [-0.2, -0.15) is 0 Å². The Morgan fingerprint density at radius 1 is 1.46 bits per heavy atom. The lowest BCUT2D eigenvalue weighted by atomic mass is 10.0. The van der Waals surface area contributed by atoms with Crippen LogP contribution in [0.15, 0.2) is 24.3 Å². The number of ether oxygens (including phenoxy) is 1. The molecule has 1 aliphatic heterocycles. The molecule has 2 nitrogen and oxygen atoms in total. The molecule has 68 valence electrons. The minimum absolute atomic E-state index is 0.408. The van der Waals surface area contributed by atoms with E-state index in [1.54, 1.807) is 0 Å². The SMILES string of the molecule is O=C(Cl)[C@@H]1CCc2ccccc2O1. The first-order chi connectivity index (χ1) is 6.27. The first kappa shape index (κ1) is 8.57. The van der Waals surface area contributed by atoms with E-state index in [4.69, 9.17) is 16.3 Å². The van der Waals surface area contributed by atoms with Crippen LogP contribution in [0.3, 0.4) is 0 Å². The predicted octanol–water partition coefficient (Wildman–Crippen LogP) is 2.15. The van der Waals surface area contributed by atoms with Crippen molar-refractivity contribution in [1.82, 2.24) is 0 Å². The monoisotopic (exact) mass is 196 g/mol. The van der Waals surface area contributed by atoms with E-state index in [-0.39, 0.29) is 0 Å². The van der Waals surface area contributed by atoms with Gasteiger partial charge in [-0.1, -0.05) is 18.2 Å². The van der Waals surface area contributed by atoms with E-state index in [1.165, 1.54) is 0 Å². The zero-order valence-corrected chi connectivity index (χ0v) is 7.75. The molecule has 0 aromatic heterocycles. The summed E-state index contributed by atoms with van der Waals surface area (Å²) < 4.78 is 5.41. The lowest BCUT2D eigenvalue weighted by molar-refractivity contribution is -0.118. The summed E-state index contributed by atoms with van der Waals surface area (Å²) in [4.78, 5) is 10.8. The number of benzene rings is 1. The maximum absolute atomic E-state index is 10.8. The van der Waals surface area contributed by atoms with Crippen LogP contribution < -0.4 is 4.74 Å². The second-order valence-electron chi connectivity index (χ2n) is 3.06. The van der Waals surface area contributed by atoms with Gasteiger partial charge in [0, 0.05) is 0 Å². The summed E-state index contributed by atoms with van der Waals surface area (Å²) in [5.41, 5.74) is 1.15. The van der Waals surface area contributed by atoms with Gasteiger partial charge < -0.3 is 4.74 Å². The average Bonchev–Trinajstić information content (AvgIpc) is 2.17. The Hall–Kier alpha value is -1.02. The Balaban J connectivity index is 2.24. The van der Waals surface area contributed by atoms with Gasteiger partial charge in [0.2, 0.25) is 0 Å². The molecular weight excluding hydrogens is 188 g/mol. The highest BCUT2D eigenvalue weighted by Gasteiger charge is 2.23. The second kappa shape index (κ2) is 3.38. The van der Waals surface area contributed by atoms with E-state index in [0.717, 1.165) is 17.7 Å². The third-order valence-electron chi connectivity index (χ3n) is 2.17. The van der Waals surface area contributed by atoms with Gasteiger partial charge in [-0.3, -0.25) is 4.79 Å². The number of halogens is 1. The highest BCUT2D eigenvalue weighted by atomic mass is 35.5. The molecule has 0 N–H and O–H groups in total. The lowest BCUT2D eigenvalue weighted by Crippen LogP contribution is -2.27. The maximum atomic E-state index is 10.8. The Bertz CT molecular complexity index is 335. The molecule has 0 amide bonds. The number of rotatable bonds is 1. The first-order valence-corrected chi connectivity index (χ1v) is 4.59. The van der Waals surface area contributed by atoms with Crippen molar-refractivity contribution in [3.8, 4) is 5.75 Å². The third kappa shape index (κ3) is 1.68. The van der Waals surface area contributed by atoms with Crippen LogP contribution in [-0.2, 0) is 11.2 Å². The van der Waals surface area contributed by atoms with Crippen LogP contribution in [0.25, 0.3) is 0 Å². The largest absolute Gasteiger partial charge is 0.481 e. The molecule has 3 heteroatoms. The number of hydrogen-bond donors (Lipinski definition) is 0. The Morgan fingerprint density at radius 2 is 2.23 bits per heavy atom. The van der Waals surface area contributed by atoms with Crippen LogP contribution in [0.1, 0.15) is 12.0 Å². The van der Waals surface area contributed by atoms with Crippen LogP contribution in [0.4, 0.5) is 0 Å². The van der Waals surface area contributed by atoms with Crippen molar-refractivity contribution in [2.24, 2.45) is 0 Å². The lowest BCUT2D eigenvalue weighted by Gasteiger charge is -2.22. The third-order valence-corrected chi connectivity index (χ3v) is 2.41. The molecule has 13 heavy (non-hydrogen) atoms. The van der Waals surface area contributed by atoms with E-state index in [0.29, 0.717) is 6.42 Å². The fraction of sp³-hybridized carbons (Fsp3) is 0.300. The molecule has 0 unspecified atom stereocenters. The van der Waals surface area contributed by atoms with Crippen LogP contribution in [0.5, 0.6) is 5.75 Å². The van der Waals surface area contributed by atoms with Crippen molar-refractivity contribution in [1.29, 1.82) is 0 Å². The quantitative estimate of drug-likeness (QED) is 0.644. The molecule has 1 aromatic rings. The maximum Gasteiger partial charge on any atom is 0.262 e. The molecule has 1 aliphatic rings. The molecule has 2 rings (SSSR count). The summed E-state index contributed by atoms with van der Waals surface area (Å²) in [5.74, 6) is 0.785. The summed E-state index contributed by atoms with van der Waals surface area (Å²) in [6.45, 7) is 0. The molecule has 0 radical (unpaired) electrons. The summed E-state index contributed by atoms with van der Waals surface area (Å²) in [6.07, 6.45) is 1.08. The molecule has 0 saturated carbocycles. The molecule has 0 aliphatic carbocycles. The van der Waals surface area contributed by atoms with Crippen LogP contribution in [0, 0.1) is 0 Å². The fourth-order valence-electron chi connectivity index (χ4n) is 1.48. The number of fused-ring (bicyclic) bond motifs is 1. The minimum atomic E-state index is -0.462. The fourth-order valence-corrected chi connectivity index (χ4v) is 1.64. The van der Waals surface area contributed by atoms with E-state index in [2.05, 4.69) is 0 Å². The van der Waals surface area contributed by atoms with Gasteiger partial charge in [0.1, 0.15) is 5.75 Å². The molecule has 0 fully saturated rings. The van der Waals surface area contributed by atoms with Gasteiger partial charge in [-0.05, 0) is 36.1 Å². The van der Waals surface area contributed by atoms with E-state index < -0.39 is 11.3 Å². The van der Waals surface area contributed by atoms with Gasteiger partial charge in [-0.15, -0.1) is 0 Å². The van der Waals surface area contributed by atoms with E-state index >= 15 is 0 Å². The summed E-state index contributed by atoms with van der Waals surface area (Å²) in [6, 6.07) is 7.72. The van der Waals surface area contributed by atoms with Crippen molar-refractivity contribution >= 4 is 16.8 Å². The predicted molar refractivity (Wildman–Crippen MR) is 50.0 cm³/mol. The number of carbonyl (C=O) groups excluding carboxylic acids is 1. The molecule has 1 atom stereocenters. The summed E-state index contributed by atoms with van der Waals surface area (Å²) in [5, 5.41) is -0.408. The number of carbonyl (C=O) groups is 1. The highest BCUT2D eigenvalue weighted by molar-refractivity contribution is 6.64. The molecule has 0 spiro atoms. The summed E-state index contributed by atoms with van der Waals surface area (Å²) >= 11 is 5.36. The van der Waals surface area contributed by atoms with Crippen molar-refractivity contribution in [2.75, 3.05) is 0 Å². The van der Waals surface area contributed by atoms with Crippen molar-refractivity contribution in [3.05, 3.63) is 29.8 Å².